The van der Waals surface area contributed by atoms with Crippen molar-refractivity contribution >= 4 is 27.3 Å². The van der Waals surface area contributed by atoms with Crippen molar-refractivity contribution in [2.75, 3.05) is 4.72 Å². The number of aryl methyl sites for hydroxylation is 3. The lowest BCUT2D eigenvalue weighted by Gasteiger charge is -2.09. The van der Waals surface area contributed by atoms with E-state index in [-0.39, 0.29) is 4.90 Å². The summed E-state index contributed by atoms with van der Waals surface area (Å²) in [5.74, 6) is 1.31. The van der Waals surface area contributed by atoms with Gasteiger partial charge in [-0.1, -0.05) is 29.8 Å². The highest BCUT2D eigenvalue weighted by Gasteiger charge is 2.16. The predicted molar refractivity (Wildman–Crippen MR) is 98.4 cm³/mol. The van der Waals surface area contributed by atoms with Gasteiger partial charge in [0.2, 0.25) is 0 Å². The van der Waals surface area contributed by atoms with Gasteiger partial charge in [-0.25, -0.2) is 13.4 Å². The summed E-state index contributed by atoms with van der Waals surface area (Å²) in [5, 5.41) is 0.412. The second kappa shape index (κ2) is 6.54. The molecule has 3 aromatic rings. The molecule has 0 saturated heterocycles. The van der Waals surface area contributed by atoms with Crippen LogP contribution >= 0.6 is 11.6 Å². The highest BCUT2D eigenvalue weighted by molar-refractivity contribution is 7.92. The van der Waals surface area contributed by atoms with Gasteiger partial charge in [0.25, 0.3) is 10.0 Å². The Hall–Kier alpha value is -2.31. The van der Waals surface area contributed by atoms with Crippen molar-refractivity contribution < 1.29 is 12.8 Å². The molecular formula is C18H17ClN2O3S. The molecule has 0 atom stereocenters. The summed E-state index contributed by atoms with van der Waals surface area (Å²) in [5.41, 5.74) is 2.88. The molecular weight excluding hydrogens is 360 g/mol. The molecule has 3 rings (SSSR count). The zero-order valence-electron chi connectivity index (χ0n) is 14.0. The minimum atomic E-state index is -3.70. The molecule has 0 aliphatic heterocycles. The van der Waals surface area contributed by atoms with E-state index in [0.717, 1.165) is 22.6 Å². The lowest BCUT2D eigenvalue weighted by molar-refractivity contribution is 0.495. The van der Waals surface area contributed by atoms with Crippen LogP contribution in [0.2, 0.25) is 5.02 Å². The highest BCUT2D eigenvalue weighted by atomic mass is 35.5. The normalized spacial score (nSPS) is 11.5. The zero-order valence-corrected chi connectivity index (χ0v) is 15.6. The van der Waals surface area contributed by atoms with Crippen LogP contribution in [0, 0.1) is 20.8 Å². The number of nitrogens with zero attached hydrogens (tertiary/aromatic N) is 1. The van der Waals surface area contributed by atoms with Gasteiger partial charge < -0.3 is 4.42 Å². The van der Waals surface area contributed by atoms with Crippen LogP contribution in [-0.2, 0) is 10.0 Å². The predicted octanol–water partition coefficient (Wildman–Crippen LogP) is 4.72. The summed E-state index contributed by atoms with van der Waals surface area (Å²) < 4.78 is 32.9. The van der Waals surface area contributed by atoms with Crippen molar-refractivity contribution in [3.05, 3.63) is 64.7 Å². The third kappa shape index (κ3) is 3.70. The Balaban J connectivity index is 1.85. The molecule has 0 saturated carbocycles. The van der Waals surface area contributed by atoms with Crippen molar-refractivity contribution in [3.63, 3.8) is 0 Å². The second-order valence-corrected chi connectivity index (χ2v) is 7.82. The van der Waals surface area contributed by atoms with Crippen LogP contribution in [0.1, 0.15) is 17.2 Å². The van der Waals surface area contributed by atoms with Gasteiger partial charge in [-0.3, -0.25) is 4.72 Å². The minimum absolute atomic E-state index is 0.121. The summed E-state index contributed by atoms with van der Waals surface area (Å²) in [6.07, 6.45) is 0. The summed E-state index contributed by atoms with van der Waals surface area (Å²) >= 11 is 6.02. The van der Waals surface area contributed by atoms with E-state index in [1.165, 1.54) is 12.1 Å². The number of anilines is 1. The van der Waals surface area contributed by atoms with E-state index in [1.54, 1.807) is 37.3 Å². The molecule has 0 aliphatic rings. The SMILES string of the molecule is Cc1nc(-c2ccc(NS(=O)(=O)c3ccc(C)c(Cl)c3)cc2)c(C)o1. The second-order valence-electron chi connectivity index (χ2n) is 5.73. The van der Waals surface area contributed by atoms with Crippen molar-refractivity contribution in [2.24, 2.45) is 0 Å². The molecule has 5 nitrogen and oxygen atoms in total. The lowest BCUT2D eigenvalue weighted by Crippen LogP contribution is -2.13. The minimum Gasteiger partial charge on any atom is -0.446 e. The average molecular weight is 377 g/mol. The van der Waals surface area contributed by atoms with Crippen LogP contribution < -0.4 is 4.72 Å². The smallest absolute Gasteiger partial charge is 0.261 e. The van der Waals surface area contributed by atoms with Crippen LogP contribution in [-0.4, -0.2) is 13.4 Å². The number of nitrogens with one attached hydrogen (secondary N) is 1. The fourth-order valence-electron chi connectivity index (χ4n) is 2.45. The zero-order chi connectivity index (χ0) is 18.2. The van der Waals surface area contributed by atoms with Gasteiger partial charge >= 0.3 is 0 Å². The van der Waals surface area contributed by atoms with E-state index in [9.17, 15) is 8.42 Å². The molecule has 0 aliphatic carbocycles. The number of hydrogen-bond donors (Lipinski definition) is 1. The van der Waals surface area contributed by atoms with Crippen molar-refractivity contribution in [1.29, 1.82) is 0 Å². The topological polar surface area (TPSA) is 72.2 Å². The fraction of sp³-hybridized carbons (Fsp3) is 0.167. The lowest BCUT2D eigenvalue weighted by atomic mass is 10.1. The number of rotatable bonds is 4. The molecule has 130 valence electrons. The van der Waals surface area contributed by atoms with E-state index in [0.29, 0.717) is 16.6 Å². The van der Waals surface area contributed by atoms with Crippen molar-refractivity contribution in [2.45, 2.75) is 25.7 Å². The molecule has 0 radical (unpaired) electrons. The van der Waals surface area contributed by atoms with Crippen LogP contribution in [0.25, 0.3) is 11.3 Å². The third-order valence-electron chi connectivity index (χ3n) is 3.77. The van der Waals surface area contributed by atoms with E-state index < -0.39 is 10.0 Å². The largest absolute Gasteiger partial charge is 0.446 e. The molecule has 0 fully saturated rings. The number of aromatic nitrogens is 1. The number of halogens is 1. The average Bonchev–Trinajstić information content (AvgIpc) is 2.89. The van der Waals surface area contributed by atoms with Gasteiger partial charge in [0, 0.05) is 23.2 Å². The van der Waals surface area contributed by atoms with Gasteiger partial charge in [0.1, 0.15) is 11.5 Å². The van der Waals surface area contributed by atoms with Crippen molar-refractivity contribution in [3.8, 4) is 11.3 Å². The quantitative estimate of drug-likeness (QED) is 0.715. The maximum atomic E-state index is 12.5. The molecule has 2 aromatic carbocycles. The Kier molecular flexibility index (Phi) is 4.58. The van der Waals surface area contributed by atoms with Crippen LogP contribution in [0.3, 0.4) is 0 Å². The highest BCUT2D eigenvalue weighted by Crippen LogP contribution is 2.26. The van der Waals surface area contributed by atoms with E-state index in [4.69, 9.17) is 16.0 Å². The summed E-state index contributed by atoms with van der Waals surface area (Å²) in [6, 6.07) is 11.6. The van der Waals surface area contributed by atoms with E-state index >= 15 is 0 Å². The molecule has 1 N–H and O–H groups in total. The summed E-state index contributed by atoms with van der Waals surface area (Å²) in [7, 11) is -3.70. The van der Waals surface area contributed by atoms with Crippen LogP contribution in [0.15, 0.2) is 51.8 Å². The summed E-state index contributed by atoms with van der Waals surface area (Å²) in [6.45, 7) is 5.44. The first kappa shape index (κ1) is 17.5. The molecule has 25 heavy (non-hydrogen) atoms. The molecule has 7 heteroatoms. The van der Waals surface area contributed by atoms with Gasteiger partial charge in [-0.2, -0.15) is 0 Å². The van der Waals surface area contributed by atoms with Crippen molar-refractivity contribution in [1.82, 2.24) is 4.98 Å². The van der Waals surface area contributed by atoms with Gasteiger partial charge in [-0.15, -0.1) is 0 Å². The van der Waals surface area contributed by atoms with Crippen LogP contribution in [0.4, 0.5) is 5.69 Å². The number of sulfonamides is 1. The Bertz CT molecular complexity index is 1020. The first-order chi connectivity index (χ1) is 11.8. The Labute approximate surface area is 151 Å². The number of hydrogen-bond acceptors (Lipinski definition) is 4. The first-order valence-corrected chi connectivity index (χ1v) is 9.46. The number of benzene rings is 2. The maximum absolute atomic E-state index is 12.5. The van der Waals surface area contributed by atoms with Gasteiger partial charge in [0.05, 0.1) is 4.90 Å². The molecule has 0 amide bonds. The third-order valence-corrected chi connectivity index (χ3v) is 5.55. The molecule has 1 heterocycles. The number of oxazole rings is 1. The Morgan fingerprint density at radius 1 is 1.04 bits per heavy atom. The fourth-order valence-corrected chi connectivity index (χ4v) is 3.78. The Morgan fingerprint density at radius 3 is 2.28 bits per heavy atom. The van der Waals surface area contributed by atoms with Gasteiger partial charge in [0.15, 0.2) is 5.89 Å². The molecule has 0 unspecified atom stereocenters. The maximum Gasteiger partial charge on any atom is 0.261 e. The monoisotopic (exact) mass is 376 g/mol. The molecule has 0 spiro atoms. The Morgan fingerprint density at radius 2 is 1.72 bits per heavy atom. The summed E-state index contributed by atoms with van der Waals surface area (Å²) in [4.78, 5) is 4.45. The van der Waals surface area contributed by atoms with Crippen LogP contribution in [0.5, 0.6) is 0 Å². The van der Waals surface area contributed by atoms with E-state index in [1.807, 2.05) is 13.8 Å². The standard InChI is InChI=1S/C18H17ClN2O3S/c1-11-4-9-16(10-17(11)19)25(22,23)21-15-7-5-14(6-8-15)18-12(2)24-13(3)20-18/h4-10,21H,1-3H3. The van der Waals surface area contributed by atoms with Gasteiger partial charge in [-0.05, 0) is 43.7 Å². The van der Waals surface area contributed by atoms with E-state index in [2.05, 4.69) is 9.71 Å². The first-order valence-electron chi connectivity index (χ1n) is 7.60. The molecule has 1 aromatic heterocycles. The molecule has 0 bridgehead atoms.